The molecule has 5 heteroatoms. The number of nitrogens with zero attached hydrogens (tertiary/aromatic N) is 2. The van der Waals surface area contributed by atoms with Crippen molar-refractivity contribution in [3.05, 3.63) is 18.0 Å². The molecule has 2 N–H and O–H groups in total. The van der Waals surface area contributed by atoms with Crippen LogP contribution in [0.5, 0.6) is 0 Å². The normalized spacial score (nSPS) is 21.5. The van der Waals surface area contributed by atoms with Crippen molar-refractivity contribution < 1.29 is 9.32 Å². The maximum atomic E-state index is 11.8. The predicted octanol–water partition coefficient (Wildman–Crippen LogP) is 0.238. The monoisotopic (exact) mass is 195 g/mol. The predicted molar refractivity (Wildman–Crippen MR) is 49.6 cm³/mol. The molecule has 1 amide bonds. The largest absolute Gasteiger partial charge is 0.364 e. The molecule has 76 valence electrons. The van der Waals surface area contributed by atoms with Crippen molar-refractivity contribution in [2.45, 2.75) is 18.9 Å². The van der Waals surface area contributed by atoms with E-state index in [9.17, 15) is 4.79 Å². The van der Waals surface area contributed by atoms with Crippen molar-refractivity contribution in [1.82, 2.24) is 10.1 Å². The molecule has 2 heterocycles. The van der Waals surface area contributed by atoms with E-state index in [1.54, 1.807) is 4.90 Å². The smallest absolute Gasteiger partial charge is 0.259 e. The van der Waals surface area contributed by atoms with Gasteiger partial charge < -0.3 is 15.2 Å². The van der Waals surface area contributed by atoms with Gasteiger partial charge in [-0.1, -0.05) is 5.16 Å². The topological polar surface area (TPSA) is 72.4 Å². The number of hydrogen-bond donors (Lipinski definition) is 1. The molecule has 0 aliphatic carbocycles. The van der Waals surface area contributed by atoms with Gasteiger partial charge in [0.05, 0.1) is 11.8 Å². The summed E-state index contributed by atoms with van der Waals surface area (Å²) in [4.78, 5) is 13.6. The molecule has 1 unspecified atom stereocenters. The van der Waals surface area contributed by atoms with E-state index in [-0.39, 0.29) is 11.9 Å². The Labute approximate surface area is 81.8 Å². The van der Waals surface area contributed by atoms with Gasteiger partial charge in [0.2, 0.25) is 0 Å². The molecular weight excluding hydrogens is 182 g/mol. The summed E-state index contributed by atoms with van der Waals surface area (Å²) in [6.07, 6.45) is 4.83. The summed E-state index contributed by atoms with van der Waals surface area (Å²) in [5, 5.41) is 3.51. The molecule has 1 aromatic rings. The second kappa shape index (κ2) is 3.79. The molecule has 0 saturated carbocycles. The summed E-state index contributed by atoms with van der Waals surface area (Å²) in [7, 11) is 0. The Balaban J connectivity index is 2.11. The molecule has 1 atom stereocenters. The second-order valence-corrected chi connectivity index (χ2v) is 3.44. The van der Waals surface area contributed by atoms with Gasteiger partial charge in [-0.2, -0.15) is 0 Å². The van der Waals surface area contributed by atoms with Crippen molar-refractivity contribution in [2.24, 2.45) is 5.73 Å². The van der Waals surface area contributed by atoms with Crippen LogP contribution in [-0.2, 0) is 0 Å². The van der Waals surface area contributed by atoms with Gasteiger partial charge in [0, 0.05) is 19.1 Å². The Bertz CT molecular complexity index is 310. The molecule has 14 heavy (non-hydrogen) atoms. The van der Waals surface area contributed by atoms with Crippen LogP contribution >= 0.6 is 0 Å². The third-order valence-corrected chi connectivity index (χ3v) is 2.59. The minimum atomic E-state index is -0.0285. The lowest BCUT2D eigenvalue weighted by Gasteiger charge is -2.22. The standard InChI is InChI=1S/C9H13N3O2/c10-4-8-2-1-3-12(8)9(13)7-5-11-14-6-7/h5-6,8H,1-4,10H2. The Morgan fingerprint density at radius 2 is 2.64 bits per heavy atom. The molecule has 0 bridgehead atoms. The third kappa shape index (κ3) is 1.50. The average molecular weight is 195 g/mol. The lowest BCUT2D eigenvalue weighted by Crippen LogP contribution is -2.39. The number of carbonyl (C=O) groups excluding carboxylic acids is 1. The molecule has 1 fully saturated rings. The number of likely N-dealkylation sites (tertiary alicyclic amines) is 1. The first-order valence-corrected chi connectivity index (χ1v) is 4.73. The fourth-order valence-electron chi connectivity index (χ4n) is 1.82. The van der Waals surface area contributed by atoms with Crippen LogP contribution < -0.4 is 5.73 Å². The zero-order valence-electron chi connectivity index (χ0n) is 7.85. The number of carbonyl (C=O) groups is 1. The van der Waals surface area contributed by atoms with Crippen molar-refractivity contribution in [2.75, 3.05) is 13.1 Å². The SMILES string of the molecule is NCC1CCCN1C(=O)c1cnoc1. The van der Waals surface area contributed by atoms with Crippen LogP contribution in [0.3, 0.4) is 0 Å². The Kier molecular flexibility index (Phi) is 2.49. The molecule has 5 nitrogen and oxygen atoms in total. The van der Waals surface area contributed by atoms with E-state index in [2.05, 4.69) is 9.68 Å². The Morgan fingerprint density at radius 3 is 3.29 bits per heavy atom. The van der Waals surface area contributed by atoms with Crippen LogP contribution in [0.25, 0.3) is 0 Å². The molecule has 1 aliphatic heterocycles. The summed E-state index contributed by atoms with van der Waals surface area (Å²) in [5.74, 6) is -0.0285. The van der Waals surface area contributed by atoms with Crippen LogP contribution in [0.1, 0.15) is 23.2 Å². The highest BCUT2D eigenvalue weighted by Crippen LogP contribution is 2.18. The van der Waals surface area contributed by atoms with Crippen LogP contribution in [0.2, 0.25) is 0 Å². The van der Waals surface area contributed by atoms with Crippen LogP contribution in [0.4, 0.5) is 0 Å². The highest BCUT2D eigenvalue weighted by Gasteiger charge is 2.28. The first kappa shape index (κ1) is 9.21. The summed E-state index contributed by atoms with van der Waals surface area (Å²) in [6, 6.07) is 0.178. The number of amides is 1. The molecule has 1 saturated heterocycles. The van der Waals surface area contributed by atoms with E-state index in [0.717, 1.165) is 19.4 Å². The van der Waals surface area contributed by atoms with E-state index in [1.165, 1.54) is 12.5 Å². The molecular formula is C9H13N3O2. The summed E-state index contributed by atoms with van der Waals surface area (Å²) in [5.41, 5.74) is 6.09. The average Bonchev–Trinajstić information content (AvgIpc) is 2.87. The summed E-state index contributed by atoms with van der Waals surface area (Å²) < 4.78 is 4.64. The number of hydrogen-bond acceptors (Lipinski definition) is 4. The molecule has 1 aromatic heterocycles. The van der Waals surface area contributed by atoms with Crippen molar-refractivity contribution in [1.29, 1.82) is 0 Å². The van der Waals surface area contributed by atoms with Crippen molar-refractivity contribution in [3.63, 3.8) is 0 Å². The van der Waals surface area contributed by atoms with Gasteiger partial charge in [0.25, 0.3) is 5.91 Å². The van der Waals surface area contributed by atoms with Gasteiger partial charge >= 0.3 is 0 Å². The van der Waals surface area contributed by atoms with Gasteiger partial charge in [-0.3, -0.25) is 4.79 Å². The van der Waals surface area contributed by atoms with Crippen LogP contribution in [0.15, 0.2) is 17.0 Å². The van der Waals surface area contributed by atoms with E-state index in [4.69, 9.17) is 5.73 Å². The number of nitrogens with two attached hydrogens (primary N) is 1. The molecule has 1 aliphatic rings. The molecule has 2 rings (SSSR count). The van der Waals surface area contributed by atoms with E-state index in [0.29, 0.717) is 12.1 Å². The zero-order chi connectivity index (χ0) is 9.97. The lowest BCUT2D eigenvalue weighted by molar-refractivity contribution is 0.0740. The molecule has 0 radical (unpaired) electrons. The fraction of sp³-hybridized carbons (Fsp3) is 0.556. The quantitative estimate of drug-likeness (QED) is 0.733. The van der Waals surface area contributed by atoms with Gasteiger partial charge in [-0.05, 0) is 12.8 Å². The highest BCUT2D eigenvalue weighted by atomic mass is 16.5. The summed E-state index contributed by atoms with van der Waals surface area (Å²) in [6.45, 7) is 1.31. The fourth-order valence-corrected chi connectivity index (χ4v) is 1.82. The van der Waals surface area contributed by atoms with Gasteiger partial charge in [-0.15, -0.1) is 0 Å². The number of rotatable bonds is 2. The molecule has 0 aromatic carbocycles. The second-order valence-electron chi connectivity index (χ2n) is 3.44. The van der Waals surface area contributed by atoms with Crippen LogP contribution in [-0.4, -0.2) is 35.1 Å². The van der Waals surface area contributed by atoms with Crippen molar-refractivity contribution in [3.8, 4) is 0 Å². The van der Waals surface area contributed by atoms with Gasteiger partial charge in [-0.25, -0.2) is 0 Å². The maximum Gasteiger partial charge on any atom is 0.259 e. The van der Waals surface area contributed by atoms with Crippen molar-refractivity contribution >= 4 is 5.91 Å². The number of aromatic nitrogens is 1. The highest BCUT2D eigenvalue weighted by molar-refractivity contribution is 5.93. The summed E-state index contributed by atoms with van der Waals surface area (Å²) >= 11 is 0. The first-order chi connectivity index (χ1) is 6.83. The Hall–Kier alpha value is -1.36. The minimum absolute atomic E-state index is 0.0285. The zero-order valence-corrected chi connectivity index (χ0v) is 7.85. The lowest BCUT2D eigenvalue weighted by atomic mass is 10.2. The Morgan fingerprint density at radius 1 is 1.79 bits per heavy atom. The first-order valence-electron chi connectivity index (χ1n) is 4.73. The molecule has 0 spiro atoms. The van der Waals surface area contributed by atoms with Gasteiger partial charge in [0.1, 0.15) is 6.26 Å². The van der Waals surface area contributed by atoms with Gasteiger partial charge in [0.15, 0.2) is 0 Å². The minimum Gasteiger partial charge on any atom is -0.364 e. The maximum absolute atomic E-state index is 11.8. The van der Waals surface area contributed by atoms with Crippen LogP contribution in [0, 0.1) is 0 Å². The van der Waals surface area contributed by atoms with E-state index >= 15 is 0 Å². The van der Waals surface area contributed by atoms with E-state index in [1.807, 2.05) is 0 Å². The van der Waals surface area contributed by atoms with E-state index < -0.39 is 0 Å². The third-order valence-electron chi connectivity index (χ3n) is 2.59.